The molecule has 124 valence electrons. The minimum absolute atomic E-state index is 0.278. The summed E-state index contributed by atoms with van der Waals surface area (Å²) in [4.78, 5) is 33.0. The fraction of sp³-hybridized carbons (Fsp3) is 0.312. The Morgan fingerprint density at radius 1 is 1.13 bits per heavy atom. The molecule has 0 aliphatic rings. The van der Waals surface area contributed by atoms with Crippen LogP contribution in [0.5, 0.6) is 5.75 Å². The summed E-state index contributed by atoms with van der Waals surface area (Å²) >= 11 is 0. The van der Waals surface area contributed by atoms with Crippen molar-refractivity contribution >= 4 is 23.9 Å². The molecule has 0 heterocycles. The number of carboxylic acids is 1. The first-order valence-electron chi connectivity index (χ1n) is 7.18. The smallest absolute Gasteiger partial charge is 0.322 e. The molecule has 1 aromatic rings. The predicted octanol–water partition coefficient (Wildman–Crippen LogP) is 0.806. The van der Waals surface area contributed by atoms with Crippen LogP contribution < -0.4 is 15.4 Å². The van der Waals surface area contributed by atoms with Crippen LogP contribution in [-0.4, -0.2) is 42.6 Å². The first-order chi connectivity index (χ1) is 11.0. The van der Waals surface area contributed by atoms with Crippen molar-refractivity contribution < 1.29 is 24.2 Å². The first-order valence-corrected chi connectivity index (χ1v) is 7.18. The van der Waals surface area contributed by atoms with E-state index in [4.69, 9.17) is 9.84 Å². The SMILES string of the molecule is CCCOc1ccc(/C=C/C(=O)NCC(=O)NCC(=O)O)cc1. The maximum atomic E-state index is 11.5. The van der Waals surface area contributed by atoms with E-state index in [0.29, 0.717) is 6.61 Å². The molecule has 7 nitrogen and oxygen atoms in total. The molecule has 1 aromatic carbocycles. The Kier molecular flexibility index (Phi) is 7.91. The number of nitrogens with one attached hydrogen (secondary N) is 2. The lowest BCUT2D eigenvalue weighted by molar-refractivity contribution is -0.137. The van der Waals surface area contributed by atoms with E-state index in [1.807, 2.05) is 31.2 Å². The van der Waals surface area contributed by atoms with Gasteiger partial charge in [-0.3, -0.25) is 14.4 Å². The fourth-order valence-electron chi connectivity index (χ4n) is 1.53. The normalized spacial score (nSPS) is 10.3. The molecule has 0 aromatic heterocycles. The van der Waals surface area contributed by atoms with Crippen LogP contribution >= 0.6 is 0 Å². The van der Waals surface area contributed by atoms with Crippen LogP contribution in [0.4, 0.5) is 0 Å². The van der Waals surface area contributed by atoms with Gasteiger partial charge in [0.2, 0.25) is 11.8 Å². The van der Waals surface area contributed by atoms with Gasteiger partial charge >= 0.3 is 5.97 Å². The summed E-state index contributed by atoms with van der Waals surface area (Å²) in [6.45, 7) is 1.93. The molecule has 0 saturated carbocycles. The van der Waals surface area contributed by atoms with Crippen molar-refractivity contribution in [1.29, 1.82) is 0 Å². The lowest BCUT2D eigenvalue weighted by Gasteiger charge is -2.04. The molecule has 0 fully saturated rings. The van der Waals surface area contributed by atoms with E-state index >= 15 is 0 Å². The minimum Gasteiger partial charge on any atom is -0.494 e. The fourth-order valence-corrected chi connectivity index (χ4v) is 1.53. The lowest BCUT2D eigenvalue weighted by Crippen LogP contribution is -2.38. The van der Waals surface area contributed by atoms with Crippen LogP contribution in [0.25, 0.3) is 6.08 Å². The molecule has 0 spiro atoms. The highest BCUT2D eigenvalue weighted by Crippen LogP contribution is 2.13. The molecule has 23 heavy (non-hydrogen) atoms. The Morgan fingerprint density at radius 3 is 2.43 bits per heavy atom. The second-order valence-corrected chi connectivity index (χ2v) is 4.64. The van der Waals surface area contributed by atoms with E-state index in [9.17, 15) is 14.4 Å². The Bertz CT molecular complexity index is 566. The molecular weight excluding hydrogens is 300 g/mol. The van der Waals surface area contributed by atoms with Gasteiger partial charge in [-0.1, -0.05) is 19.1 Å². The molecule has 0 saturated heterocycles. The van der Waals surface area contributed by atoms with Crippen LogP contribution in [0.15, 0.2) is 30.3 Å². The zero-order valence-corrected chi connectivity index (χ0v) is 12.9. The average Bonchev–Trinajstić information content (AvgIpc) is 2.55. The van der Waals surface area contributed by atoms with Crippen LogP contribution in [-0.2, 0) is 14.4 Å². The Balaban J connectivity index is 2.37. The van der Waals surface area contributed by atoms with Crippen molar-refractivity contribution in [2.45, 2.75) is 13.3 Å². The molecule has 0 aliphatic heterocycles. The topological polar surface area (TPSA) is 105 Å². The largest absolute Gasteiger partial charge is 0.494 e. The summed E-state index contributed by atoms with van der Waals surface area (Å²) in [5.41, 5.74) is 0.819. The standard InChI is InChI=1S/C16H20N2O5/c1-2-9-23-13-6-3-12(4-7-13)5-8-14(19)17-10-15(20)18-11-16(21)22/h3-8H,2,9-11H2,1H3,(H,17,19)(H,18,20)(H,21,22)/b8-5+. The van der Waals surface area contributed by atoms with Crippen LogP contribution in [0.3, 0.4) is 0 Å². The van der Waals surface area contributed by atoms with Gasteiger partial charge in [-0.2, -0.15) is 0 Å². The number of ether oxygens (including phenoxy) is 1. The van der Waals surface area contributed by atoms with Gasteiger partial charge in [-0.15, -0.1) is 0 Å². The van der Waals surface area contributed by atoms with Crippen LogP contribution in [0.1, 0.15) is 18.9 Å². The van der Waals surface area contributed by atoms with Gasteiger partial charge in [0, 0.05) is 6.08 Å². The van der Waals surface area contributed by atoms with Crippen LogP contribution in [0, 0.1) is 0 Å². The summed E-state index contributed by atoms with van der Waals surface area (Å²) in [6.07, 6.45) is 3.84. The zero-order chi connectivity index (χ0) is 17.1. The number of carbonyl (C=O) groups is 3. The number of rotatable bonds is 9. The zero-order valence-electron chi connectivity index (χ0n) is 12.9. The van der Waals surface area contributed by atoms with Gasteiger partial charge in [-0.25, -0.2) is 0 Å². The molecule has 2 amide bonds. The number of carbonyl (C=O) groups excluding carboxylic acids is 2. The Hall–Kier alpha value is -2.83. The summed E-state index contributed by atoms with van der Waals surface area (Å²) in [6, 6.07) is 7.25. The van der Waals surface area contributed by atoms with E-state index < -0.39 is 24.3 Å². The van der Waals surface area contributed by atoms with E-state index in [0.717, 1.165) is 17.7 Å². The third-order valence-electron chi connectivity index (χ3n) is 2.64. The lowest BCUT2D eigenvalue weighted by atomic mass is 10.2. The second-order valence-electron chi connectivity index (χ2n) is 4.64. The minimum atomic E-state index is -1.14. The number of benzene rings is 1. The van der Waals surface area contributed by atoms with Crippen molar-refractivity contribution in [2.24, 2.45) is 0 Å². The van der Waals surface area contributed by atoms with E-state index in [1.165, 1.54) is 6.08 Å². The molecule has 0 atom stereocenters. The maximum Gasteiger partial charge on any atom is 0.322 e. The van der Waals surface area contributed by atoms with Crippen molar-refractivity contribution in [2.75, 3.05) is 19.7 Å². The highest BCUT2D eigenvalue weighted by atomic mass is 16.5. The number of hydrogen-bond acceptors (Lipinski definition) is 4. The molecule has 1 rings (SSSR count). The van der Waals surface area contributed by atoms with E-state index in [-0.39, 0.29) is 6.54 Å². The quantitative estimate of drug-likeness (QED) is 0.584. The van der Waals surface area contributed by atoms with Gasteiger partial charge in [0.15, 0.2) is 0 Å². The van der Waals surface area contributed by atoms with Gasteiger partial charge in [-0.05, 0) is 30.2 Å². The van der Waals surface area contributed by atoms with Gasteiger partial charge < -0.3 is 20.5 Å². The monoisotopic (exact) mass is 320 g/mol. The van der Waals surface area contributed by atoms with Gasteiger partial charge in [0.25, 0.3) is 0 Å². The first kappa shape index (κ1) is 18.2. The highest BCUT2D eigenvalue weighted by molar-refractivity contribution is 5.94. The number of aliphatic carboxylic acids is 1. The van der Waals surface area contributed by atoms with Crippen molar-refractivity contribution in [3.8, 4) is 5.75 Å². The van der Waals surface area contributed by atoms with Crippen molar-refractivity contribution in [1.82, 2.24) is 10.6 Å². The molecule has 0 radical (unpaired) electrons. The Labute approximate surface area is 134 Å². The van der Waals surface area contributed by atoms with Crippen molar-refractivity contribution in [3.63, 3.8) is 0 Å². The summed E-state index contributed by atoms with van der Waals surface area (Å²) in [5.74, 6) is -1.38. The average molecular weight is 320 g/mol. The highest BCUT2D eigenvalue weighted by Gasteiger charge is 2.04. The maximum absolute atomic E-state index is 11.5. The van der Waals surface area contributed by atoms with Gasteiger partial charge in [0.1, 0.15) is 12.3 Å². The molecular formula is C16H20N2O5. The van der Waals surface area contributed by atoms with E-state index in [1.54, 1.807) is 6.08 Å². The molecule has 7 heteroatoms. The Morgan fingerprint density at radius 2 is 1.83 bits per heavy atom. The molecule has 0 unspecified atom stereocenters. The second kappa shape index (κ2) is 9.99. The predicted molar refractivity (Wildman–Crippen MR) is 84.9 cm³/mol. The van der Waals surface area contributed by atoms with Gasteiger partial charge in [0.05, 0.1) is 13.2 Å². The van der Waals surface area contributed by atoms with E-state index in [2.05, 4.69) is 10.6 Å². The third-order valence-corrected chi connectivity index (χ3v) is 2.64. The number of carboxylic acid groups (broad SMARTS) is 1. The summed E-state index contributed by atoms with van der Waals surface area (Å²) in [7, 11) is 0. The van der Waals surface area contributed by atoms with Crippen LogP contribution in [0.2, 0.25) is 0 Å². The summed E-state index contributed by atoms with van der Waals surface area (Å²) < 4.78 is 5.45. The third kappa shape index (κ3) is 8.25. The molecule has 0 bridgehead atoms. The number of amides is 2. The molecule has 0 aliphatic carbocycles. The summed E-state index contributed by atoms with van der Waals surface area (Å²) in [5, 5.41) is 12.9. The molecule has 3 N–H and O–H groups in total. The number of hydrogen-bond donors (Lipinski definition) is 3. The van der Waals surface area contributed by atoms with Crippen molar-refractivity contribution in [3.05, 3.63) is 35.9 Å².